The number of nitrogens with zero attached hydrogens (tertiary/aromatic N) is 3. The number of hydrogen-bond acceptors (Lipinski definition) is 3. The van der Waals surface area contributed by atoms with Crippen LogP contribution in [0.15, 0.2) is 40.9 Å². The van der Waals surface area contributed by atoms with E-state index in [9.17, 15) is 4.79 Å². The third-order valence-corrected chi connectivity index (χ3v) is 3.84. The van der Waals surface area contributed by atoms with Gasteiger partial charge in [-0.3, -0.25) is 4.79 Å². The Bertz CT molecular complexity index is 790. The molecule has 1 aromatic carbocycles. The Hall–Kier alpha value is -2.36. The molecule has 0 fully saturated rings. The molecule has 0 spiro atoms. The molecule has 0 aliphatic carbocycles. The lowest BCUT2D eigenvalue weighted by Crippen LogP contribution is -2.15. The van der Waals surface area contributed by atoms with E-state index in [2.05, 4.69) is 21.9 Å². The molecule has 0 atom stereocenters. The molecule has 22 heavy (non-hydrogen) atoms. The van der Waals surface area contributed by atoms with Crippen LogP contribution in [0.25, 0.3) is 10.9 Å². The number of fused-ring (bicyclic) bond motifs is 1. The second-order valence-electron chi connectivity index (χ2n) is 5.59. The van der Waals surface area contributed by atoms with Crippen LogP contribution in [-0.4, -0.2) is 21.6 Å². The smallest absolute Gasteiger partial charge is 0.267 e. The van der Waals surface area contributed by atoms with E-state index in [1.807, 2.05) is 37.3 Å². The molecule has 2 heterocycles. The quantitative estimate of drug-likeness (QED) is 0.865. The molecule has 4 heteroatoms. The second kappa shape index (κ2) is 6.18. The highest BCUT2D eigenvalue weighted by Crippen LogP contribution is 2.18. The predicted octanol–water partition coefficient (Wildman–Crippen LogP) is 3.58. The summed E-state index contributed by atoms with van der Waals surface area (Å²) in [6, 6.07) is 7.97. The Morgan fingerprint density at radius 2 is 2.00 bits per heavy atom. The topological polar surface area (TPSA) is 55.2 Å². The summed E-state index contributed by atoms with van der Waals surface area (Å²) in [5.74, 6) is 0.635. The van der Waals surface area contributed by atoms with Crippen molar-refractivity contribution in [1.29, 1.82) is 0 Å². The van der Waals surface area contributed by atoms with Gasteiger partial charge >= 0.3 is 0 Å². The number of aromatic nitrogens is 2. The van der Waals surface area contributed by atoms with Gasteiger partial charge in [-0.15, -0.1) is 0 Å². The minimum atomic E-state index is -0.0967. The van der Waals surface area contributed by atoms with Crippen LogP contribution >= 0.6 is 0 Å². The summed E-state index contributed by atoms with van der Waals surface area (Å²) >= 11 is 0. The summed E-state index contributed by atoms with van der Waals surface area (Å²) < 4.78 is 0. The van der Waals surface area contributed by atoms with Crippen LogP contribution in [0.1, 0.15) is 37.7 Å². The average Bonchev–Trinajstić information content (AvgIpc) is 2.50. The third kappa shape index (κ3) is 2.96. The standard InChI is InChI=1S/C18H19N3O/c1-3-6-13-9-10-14(20-18(13)22)11-17-19-12(2)15-7-4-5-8-16(15)21-17/h4-5,7-9H,3,6,10-11H2,1-2H3. The number of dihydropyridines is 1. The van der Waals surface area contributed by atoms with Crippen LogP contribution in [0.3, 0.4) is 0 Å². The molecule has 1 aromatic heterocycles. The van der Waals surface area contributed by atoms with Crippen molar-refractivity contribution in [3.05, 3.63) is 47.4 Å². The fourth-order valence-corrected chi connectivity index (χ4v) is 2.74. The number of hydrogen-bond donors (Lipinski definition) is 0. The lowest BCUT2D eigenvalue weighted by molar-refractivity contribution is -0.114. The maximum Gasteiger partial charge on any atom is 0.272 e. The molecular formula is C18H19N3O. The highest BCUT2D eigenvalue weighted by Gasteiger charge is 2.16. The SMILES string of the molecule is CCCC1=CCC(Cc2nc(C)c3ccccc3n2)=NC1=O. The van der Waals surface area contributed by atoms with Crippen LogP contribution in [0.4, 0.5) is 0 Å². The molecule has 0 N–H and O–H groups in total. The summed E-state index contributed by atoms with van der Waals surface area (Å²) in [6.45, 7) is 4.06. The second-order valence-corrected chi connectivity index (χ2v) is 5.59. The molecule has 112 valence electrons. The monoisotopic (exact) mass is 293 g/mol. The Kier molecular flexibility index (Phi) is 4.09. The Morgan fingerprint density at radius 3 is 2.77 bits per heavy atom. The van der Waals surface area contributed by atoms with Gasteiger partial charge in [-0.1, -0.05) is 37.6 Å². The zero-order valence-corrected chi connectivity index (χ0v) is 13.0. The van der Waals surface area contributed by atoms with Crippen molar-refractivity contribution in [2.75, 3.05) is 0 Å². The van der Waals surface area contributed by atoms with Gasteiger partial charge in [0, 0.05) is 35.2 Å². The number of aryl methyl sites for hydroxylation is 1. The van der Waals surface area contributed by atoms with E-state index < -0.39 is 0 Å². The van der Waals surface area contributed by atoms with E-state index >= 15 is 0 Å². The van der Waals surface area contributed by atoms with Crippen molar-refractivity contribution in [3.63, 3.8) is 0 Å². The van der Waals surface area contributed by atoms with Crippen molar-refractivity contribution in [3.8, 4) is 0 Å². The molecule has 3 rings (SSSR count). The largest absolute Gasteiger partial charge is 0.272 e. The summed E-state index contributed by atoms with van der Waals surface area (Å²) in [5.41, 5.74) is 3.59. The third-order valence-electron chi connectivity index (χ3n) is 3.84. The first-order chi connectivity index (χ1) is 10.7. The van der Waals surface area contributed by atoms with Gasteiger partial charge in [0.1, 0.15) is 5.82 Å². The summed E-state index contributed by atoms with van der Waals surface area (Å²) in [5, 5.41) is 1.07. The van der Waals surface area contributed by atoms with Gasteiger partial charge in [-0.05, 0) is 19.4 Å². The number of benzene rings is 1. The summed E-state index contributed by atoms with van der Waals surface area (Å²) in [7, 11) is 0. The zero-order valence-electron chi connectivity index (χ0n) is 13.0. The molecule has 0 unspecified atom stereocenters. The maximum atomic E-state index is 12.0. The number of carbonyl (C=O) groups is 1. The molecule has 2 aromatic rings. The molecule has 0 saturated carbocycles. The number of allylic oxidation sites excluding steroid dienone is 1. The Labute approximate surface area is 130 Å². The number of carbonyl (C=O) groups excluding carboxylic acids is 1. The van der Waals surface area contributed by atoms with Gasteiger partial charge in [0.2, 0.25) is 0 Å². The molecule has 0 radical (unpaired) electrons. The lowest BCUT2D eigenvalue weighted by Gasteiger charge is -2.12. The van der Waals surface area contributed by atoms with E-state index in [4.69, 9.17) is 0 Å². The molecule has 1 amide bonds. The highest BCUT2D eigenvalue weighted by molar-refractivity contribution is 6.07. The zero-order chi connectivity index (χ0) is 15.5. The van der Waals surface area contributed by atoms with Gasteiger partial charge in [0.15, 0.2) is 0 Å². The van der Waals surface area contributed by atoms with Gasteiger partial charge in [-0.2, -0.15) is 0 Å². The van der Waals surface area contributed by atoms with Gasteiger partial charge < -0.3 is 0 Å². The number of rotatable bonds is 4. The van der Waals surface area contributed by atoms with E-state index in [0.717, 1.165) is 53.0 Å². The van der Waals surface area contributed by atoms with Crippen LogP contribution in [0.5, 0.6) is 0 Å². The van der Waals surface area contributed by atoms with Crippen molar-refractivity contribution in [1.82, 2.24) is 9.97 Å². The van der Waals surface area contributed by atoms with Crippen LogP contribution < -0.4 is 0 Å². The number of aliphatic imine (C=N–C) groups is 1. The first-order valence-corrected chi connectivity index (χ1v) is 7.69. The van der Waals surface area contributed by atoms with E-state index in [-0.39, 0.29) is 5.91 Å². The van der Waals surface area contributed by atoms with Crippen LogP contribution in [-0.2, 0) is 11.2 Å². The maximum absolute atomic E-state index is 12.0. The normalized spacial score (nSPS) is 14.9. The van der Waals surface area contributed by atoms with Crippen LogP contribution in [0, 0.1) is 6.92 Å². The van der Waals surface area contributed by atoms with E-state index in [1.54, 1.807) is 0 Å². The van der Waals surface area contributed by atoms with E-state index in [0.29, 0.717) is 6.42 Å². The first kappa shape index (κ1) is 14.6. The van der Waals surface area contributed by atoms with Gasteiger partial charge in [0.25, 0.3) is 5.91 Å². The summed E-state index contributed by atoms with van der Waals surface area (Å²) in [6.07, 6.45) is 5.03. The van der Waals surface area contributed by atoms with Gasteiger partial charge in [-0.25, -0.2) is 15.0 Å². The van der Waals surface area contributed by atoms with Crippen molar-refractivity contribution < 1.29 is 4.79 Å². The fourth-order valence-electron chi connectivity index (χ4n) is 2.74. The minimum absolute atomic E-state index is 0.0967. The number of amides is 1. The predicted molar refractivity (Wildman–Crippen MR) is 88.0 cm³/mol. The van der Waals surface area contributed by atoms with Crippen molar-refractivity contribution >= 4 is 22.5 Å². The average molecular weight is 293 g/mol. The molecule has 4 nitrogen and oxygen atoms in total. The van der Waals surface area contributed by atoms with Crippen molar-refractivity contribution in [2.24, 2.45) is 4.99 Å². The molecular weight excluding hydrogens is 274 g/mol. The van der Waals surface area contributed by atoms with Crippen molar-refractivity contribution in [2.45, 2.75) is 39.5 Å². The highest BCUT2D eigenvalue weighted by atomic mass is 16.1. The molecule has 0 saturated heterocycles. The Morgan fingerprint density at radius 1 is 1.18 bits per heavy atom. The molecule has 0 bridgehead atoms. The fraction of sp³-hybridized carbons (Fsp3) is 0.333. The molecule has 1 aliphatic heterocycles. The minimum Gasteiger partial charge on any atom is -0.267 e. The molecule has 1 aliphatic rings. The van der Waals surface area contributed by atoms with Gasteiger partial charge in [0.05, 0.1) is 5.52 Å². The first-order valence-electron chi connectivity index (χ1n) is 7.69. The summed E-state index contributed by atoms with van der Waals surface area (Å²) in [4.78, 5) is 25.3. The van der Waals surface area contributed by atoms with E-state index in [1.165, 1.54) is 0 Å². The lowest BCUT2D eigenvalue weighted by atomic mass is 10.0. The Balaban J connectivity index is 1.83. The van der Waals surface area contributed by atoms with Crippen LogP contribution in [0.2, 0.25) is 0 Å². The number of para-hydroxylation sites is 1.